The second-order valence-corrected chi connectivity index (χ2v) is 5.02. The monoisotopic (exact) mass is 227 g/mol. The Hall–Kier alpha value is -1.57. The van der Waals surface area contributed by atoms with Crippen LogP contribution in [0.4, 0.5) is 0 Å². The molecule has 2 heteroatoms. The van der Waals surface area contributed by atoms with E-state index in [9.17, 15) is 4.79 Å². The van der Waals surface area contributed by atoms with Crippen molar-refractivity contribution in [2.24, 2.45) is 13.0 Å². The minimum Gasteiger partial charge on any atom is -0.350 e. The number of aromatic nitrogens is 1. The van der Waals surface area contributed by atoms with Gasteiger partial charge in [-0.15, -0.1) is 0 Å². The van der Waals surface area contributed by atoms with Crippen LogP contribution in [0.5, 0.6) is 0 Å². The molecular formula is C15H17NO. The molecule has 0 radical (unpaired) electrons. The van der Waals surface area contributed by atoms with Crippen molar-refractivity contribution in [2.45, 2.75) is 25.7 Å². The molecule has 1 aromatic heterocycles. The number of rotatable bonds is 2. The predicted molar refractivity (Wildman–Crippen MR) is 69.2 cm³/mol. The third-order valence-electron chi connectivity index (χ3n) is 3.89. The van der Waals surface area contributed by atoms with Gasteiger partial charge in [0.25, 0.3) is 0 Å². The van der Waals surface area contributed by atoms with Crippen LogP contribution in [0.3, 0.4) is 0 Å². The molecule has 3 rings (SSSR count). The molecule has 1 aliphatic carbocycles. The number of fused-ring (bicyclic) bond motifs is 1. The molecule has 0 amide bonds. The number of ketones is 1. The van der Waals surface area contributed by atoms with Gasteiger partial charge in [0.05, 0.1) is 0 Å². The maximum atomic E-state index is 12.5. The fraction of sp³-hybridized carbons (Fsp3) is 0.400. The van der Waals surface area contributed by atoms with Gasteiger partial charge in [-0.2, -0.15) is 0 Å². The summed E-state index contributed by atoms with van der Waals surface area (Å²) < 4.78 is 2.05. The van der Waals surface area contributed by atoms with Crippen molar-refractivity contribution in [1.82, 2.24) is 4.57 Å². The maximum Gasteiger partial charge on any atom is 0.168 e. The third kappa shape index (κ3) is 1.68. The molecule has 0 atom stereocenters. The minimum absolute atomic E-state index is 0.265. The molecule has 1 fully saturated rings. The molecule has 0 unspecified atom stereocenters. The third-order valence-corrected chi connectivity index (χ3v) is 3.89. The molecule has 0 aliphatic heterocycles. The van der Waals surface area contributed by atoms with Crippen molar-refractivity contribution in [1.29, 1.82) is 0 Å². The molecule has 17 heavy (non-hydrogen) atoms. The fourth-order valence-electron chi connectivity index (χ4n) is 2.95. The predicted octanol–water partition coefficient (Wildman–Crippen LogP) is 3.55. The van der Waals surface area contributed by atoms with Crippen molar-refractivity contribution in [3.8, 4) is 0 Å². The van der Waals surface area contributed by atoms with Crippen LogP contribution in [0.25, 0.3) is 10.9 Å². The van der Waals surface area contributed by atoms with Crippen LogP contribution in [-0.2, 0) is 7.05 Å². The zero-order chi connectivity index (χ0) is 11.8. The quantitative estimate of drug-likeness (QED) is 0.719. The van der Waals surface area contributed by atoms with E-state index in [0.29, 0.717) is 5.78 Å². The topological polar surface area (TPSA) is 22.0 Å². The molecule has 1 saturated carbocycles. The Kier molecular flexibility index (Phi) is 2.50. The summed E-state index contributed by atoms with van der Waals surface area (Å²) in [6, 6.07) is 8.15. The van der Waals surface area contributed by atoms with E-state index in [1.54, 1.807) is 0 Å². The van der Waals surface area contributed by atoms with Gasteiger partial charge in [0.15, 0.2) is 5.78 Å². The Balaban J connectivity index is 2.08. The highest BCUT2D eigenvalue weighted by Crippen LogP contribution is 2.31. The van der Waals surface area contributed by atoms with Crippen molar-refractivity contribution < 1.29 is 4.79 Å². The Morgan fingerprint density at radius 2 is 1.94 bits per heavy atom. The van der Waals surface area contributed by atoms with Gasteiger partial charge in [0, 0.05) is 35.6 Å². The lowest BCUT2D eigenvalue weighted by molar-refractivity contribution is 0.0924. The van der Waals surface area contributed by atoms with E-state index in [1.165, 1.54) is 12.8 Å². The largest absolute Gasteiger partial charge is 0.350 e. The second kappa shape index (κ2) is 4.02. The molecule has 1 aliphatic rings. The van der Waals surface area contributed by atoms with E-state index in [2.05, 4.69) is 16.7 Å². The van der Waals surface area contributed by atoms with E-state index in [-0.39, 0.29) is 5.92 Å². The zero-order valence-electron chi connectivity index (χ0n) is 10.1. The number of nitrogens with zero attached hydrogens (tertiary/aromatic N) is 1. The summed E-state index contributed by atoms with van der Waals surface area (Å²) in [5.41, 5.74) is 2.06. The summed E-state index contributed by atoms with van der Waals surface area (Å²) >= 11 is 0. The van der Waals surface area contributed by atoms with Crippen molar-refractivity contribution in [2.75, 3.05) is 0 Å². The molecule has 1 heterocycles. The molecule has 2 aromatic rings. The van der Waals surface area contributed by atoms with Gasteiger partial charge in [0.2, 0.25) is 0 Å². The smallest absolute Gasteiger partial charge is 0.168 e. The maximum absolute atomic E-state index is 12.5. The number of carbonyl (C=O) groups excluding carboxylic acids is 1. The van der Waals surface area contributed by atoms with Crippen molar-refractivity contribution in [3.63, 3.8) is 0 Å². The standard InChI is InChI=1S/C15H17NO/c1-16-10-13(12-8-4-5-9-14(12)16)15(17)11-6-2-3-7-11/h4-5,8-11H,2-3,6-7H2,1H3. The highest BCUT2D eigenvalue weighted by molar-refractivity contribution is 6.09. The summed E-state index contributed by atoms with van der Waals surface area (Å²) in [4.78, 5) is 12.5. The summed E-state index contributed by atoms with van der Waals surface area (Å²) in [6.45, 7) is 0. The number of benzene rings is 1. The summed E-state index contributed by atoms with van der Waals surface area (Å²) in [7, 11) is 2.01. The zero-order valence-corrected chi connectivity index (χ0v) is 10.1. The first-order valence-corrected chi connectivity index (χ1v) is 6.35. The van der Waals surface area contributed by atoms with Gasteiger partial charge < -0.3 is 4.57 Å². The molecule has 0 bridgehead atoms. The van der Waals surface area contributed by atoms with Crippen molar-refractivity contribution >= 4 is 16.7 Å². The number of hydrogen-bond acceptors (Lipinski definition) is 1. The Labute approximate surface area is 101 Å². The number of hydrogen-bond donors (Lipinski definition) is 0. The first kappa shape index (κ1) is 10.6. The second-order valence-electron chi connectivity index (χ2n) is 5.02. The number of aryl methyl sites for hydroxylation is 1. The molecule has 1 aromatic carbocycles. The summed E-state index contributed by atoms with van der Waals surface area (Å²) in [5, 5.41) is 1.10. The Morgan fingerprint density at radius 3 is 2.71 bits per heavy atom. The van der Waals surface area contributed by atoms with Crippen LogP contribution < -0.4 is 0 Å². The number of carbonyl (C=O) groups is 1. The molecule has 0 spiro atoms. The average Bonchev–Trinajstić information content (AvgIpc) is 2.97. The van der Waals surface area contributed by atoms with Crippen LogP contribution in [0.15, 0.2) is 30.5 Å². The molecule has 0 N–H and O–H groups in total. The van der Waals surface area contributed by atoms with Crippen LogP contribution in [0.1, 0.15) is 36.0 Å². The van der Waals surface area contributed by atoms with Gasteiger partial charge in [-0.1, -0.05) is 31.0 Å². The first-order valence-electron chi connectivity index (χ1n) is 6.35. The molecule has 88 valence electrons. The number of para-hydroxylation sites is 1. The summed E-state index contributed by atoms with van der Waals surface area (Å²) in [5.74, 6) is 0.611. The first-order chi connectivity index (χ1) is 8.27. The van der Waals surface area contributed by atoms with E-state index in [4.69, 9.17) is 0 Å². The Morgan fingerprint density at radius 1 is 1.24 bits per heavy atom. The van der Waals surface area contributed by atoms with Crippen LogP contribution in [0.2, 0.25) is 0 Å². The lowest BCUT2D eigenvalue weighted by atomic mass is 9.96. The minimum atomic E-state index is 0.265. The summed E-state index contributed by atoms with van der Waals surface area (Å²) in [6.07, 6.45) is 6.55. The van der Waals surface area contributed by atoms with Gasteiger partial charge in [0.1, 0.15) is 0 Å². The van der Waals surface area contributed by atoms with Crippen LogP contribution in [0, 0.1) is 5.92 Å². The molecule has 2 nitrogen and oxygen atoms in total. The van der Waals surface area contributed by atoms with Gasteiger partial charge >= 0.3 is 0 Å². The highest BCUT2D eigenvalue weighted by atomic mass is 16.1. The van der Waals surface area contributed by atoms with E-state index in [0.717, 1.165) is 29.3 Å². The van der Waals surface area contributed by atoms with Crippen LogP contribution >= 0.6 is 0 Å². The van der Waals surface area contributed by atoms with Gasteiger partial charge in [-0.3, -0.25) is 4.79 Å². The van der Waals surface area contributed by atoms with Gasteiger partial charge in [-0.25, -0.2) is 0 Å². The lowest BCUT2D eigenvalue weighted by Gasteiger charge is -2.06. The number of Topliss-reactive ketones (excluding diaryl/α,β-unsaturated/α-hetero) is 1. The average molecular weight is 227 g/mol. The Bertz CT molecular complexity index is 561. The normalized spacial score (nSPS) is 16.8. The van der Waals surface area contributed by atoms with E-state index < -0.39 is 0 Å². The molecule has 0 saturated heterocycles. The fourth-order valence-corrected chi connectivity index (χ4v) is 2.95. The highest BCUT2D eigenvalue weighted by Gasteiger charge is 2.25. The molecular weight excluding hydrogens is 210 g/mol. The van der Waals surface area contributed by atoms with E-state index >= 15 is 0 Å². The van der Waals surface area contributed by atoms with Gasteiger partial charge in [-0.05, 0) is 18.9 Å². The SMILES string of the molecule is Cn1cc(C(=O)C2CCCC2)c2ccccc21. The van der Waals surface area contributed by atoms with Crippen molar-refractivity contribution in [3.05, 3.63) is 36.0 Å². The van der Waals surface area contributed by atoms with Crippen LogP contribution in [-0.4, -0.2) is 10.4 Å². The lowest BCUT2D eigenvalue weighted by Crippen LogP contribution is -2.10. The van der Waals surface area contributed by atoms with E-state index in [1.807, 2.05) is 25.4 Å².